The second-order valence-electron chi connectivity index (χ2n) is 4.67. The molecule has 0 unspecified atom stereocenters. The summed E-state index contributed by atoms with van der Waals surface area (Å²) in [4.78, 5) is 0. The minimum Gasteiger partial charge on any atom is -0.303 e. The van der Waals surface area contributed by atoms with E-state index in [1.54, 1.807) is 0 Å². The molecule has 0 aliphatic carbocycles. The summed E-state index contributed by atoms with van der Waals surface area (Å²) in [6, 6.07) is 22.5. The third kappa shape index (κ3) is 2.25. The van der Waals surface area contributed by atoms with Crippen molar-refractivity contribution in [2.24, 2.45) is 0 Å². The van der Waals surface area contributed by atoms with Crippen molar-refractivity contribution < 1.29 is 0 Å². The Morgan fingerprint density at radius 2 is 1.06 bits per heavy atom. The van der Waals surface area contributed by atoms with Gasteiger partial charge in [-0.15, -0.1) is 0 Å². The summed E-state index contributed by atoms with van der Waals surface area (Å²) >= 11 is 0. The Kier molecular flexibility index (Phi) is 2.93. The van der Waals surface area contributed by atoms with Gasteiger partial charge < -0.3 is 5.32 Å². The van der Waals surface area contributed by atoms with Crippen molar-refractivity contribution in [3.05, 3.63) is 71.8 Å². The molecule has 0 spiro atoms. The van der Waals surface area contributed by atoms with Gasteiger partial charge in [0.1, 0.15) is 0 Å². The smallest absolute Gasteiger partial charge is 0.0326 e. The fraction of sp³-hybridized carbons (Fsp3) is 0.250. The van der Waals surface area contributed by atoms with Gasteiger partial charge in [0.2, 0.25) is 0 Å². The lowest BCUT2D eigenvalue weighted by Gasteiger charge is -2.14. The molecule has 1 N–H and O–H groups in total. The molecule has 0 bridgehead atoms. The first-order valence-electron chi connectivity index (χ1n) is 6.29. The van der Waals surface area contributed by atoms with Gasteiger partial charge in [0.25, 0.3) is 0 Å². The van der Waals surface area contributed by atoms with E-state index in [0.29, 0.717) is 12.1 Å². The second-order valence-corrected chi connectivity index (χ2v) is 4.67. The van der Waals surface area contributed by atoms with Gasteiger partial charge in [-0.05, 0) is 24.0 Å². The topological polar surface area (TPSA) is 12.0 Å². The Morgan fingerprint density at radius 3 is 1.47 bits per heavy atom. The van der Waals surface area contributed by atoms with E-state index in [2.05, 4.69) is 66.0 Å². The normalized spacial score (nSPS) is 23.8. The van der Waals surface area contributed by atoms with Gasteiger partial charge >= 0.3 is 0 Å². The molecule has 1 nitrogen and oxygen atoms in total. The summed E-state index contributed by atoms with van der Waals surface area (Å²) in [5.41, 5.74) is 2.82. The van der Waals surface area contributed by atoms with Crippen molar-refractivity contribution in [2.45, 2.75) is 24.9 Å². The van der Waals surface area contributed by atoms with Crippen LogP contribution in [0.2, 0.25) is 0 Å². The van der Waals surface area contributed by atoms with Crippen LogP contribution in [0.3, 0.4) is 0 Å². The van der Waals surface area contributed by atoms with Crippen LogP contribution in [-0.2, 0) is 0 Å². The van der Waals surface area contributed by atoms with Crippen molar-refractivity contribution in [1.29, 1.82) is 0 Å². The van der Waals surface area contributed by atoms with Crippen LogP contribution in [0.5, 0.6) is 0 Å². The molecule has 17 heavy (non-hydrogen) atoms. The molecule has 86 valence electrons. The summed E-state index contributed by atoms with van der Waals surface area (Å²) in [6.07, 6.45) is 2.45. The Bertz CT molecular complexity index is 418. The van der Waals surface area contributed by atoms with E-state index in [9.17, 15) is 0 Å². The van der Waals surface area contributed by atoms with Crippen molar-refractivity contribution in [2.75, 3.05) is 0 Å². The standard InChI is InChI=1S/C16H17N/c1-3-7-13(8-4-1)15-11-12-16(17-15)14-9-5-2-6-10-14/h1-10,15-17H,11-12H2/t15-,16+. The van der Waals surface area contributed by atoms with E-state index < -0.39 is 0 Å². The molecule has 1 heterocycles. The lowest BCUT2D eigenvalue weighted by atomic mass is 10.0. The van der Waals surface area contributed by atoms with E-state index in [1.807, 2.05) is 0 Å². The highest BCUT2D eigenvalue weighted by atomic mass is 15.0. The fourth-order valence-electron chi connectivity index (χ4n) is 2.64. The predicted molar refractivity (Wildman–Crippen MR) is 70.7 cm³/mol. The molecule has 3 rings (SSSR count). The van der Waals surface area contributed by atoms with Gasteiger partial charge in [0.15, 0.2) is 0 Å². The number of benzene rings is 2. The Balaban J connectivity index is 1.75. The molecule has 0 saturated carbocycles. The summed E-state index contributed by atoms with van der Waals surface area (Å²) in [6.45, 7) is 0. The quantitative estimate of drug-likeness (QED) is 0.815. The van der Waals surface area contributed by atoms with Crippen LogP contribution in [0.4, 0.5) is 0 Å². The first kappa shape index (κ1) is 10.5. The molecule has 1 aliphatic rings. The van der Waals surface area contributed by atoms with Gasteiger partial charge in [-0.3, -0.25) is 0 Å². The van der Waals surface area contributed by atoms with Crippen LogP contribution in [-0.4, -0.2) is 0 Å². The molecule has 1 saturated heterocycles. The molecule has 0 aromatic heterocycles. The highest BCUT2D eigenvalue weighted by molar-refractivity contribution is 5.24. The van der Waals surface area contributed by atoms with Gasteiger partial charge in [0, 0.05) is 12.1 Å². The molecule has 2 aromatic carbocycles. The van der Waals surface area contributed by atoms with Gasteiger partial charge in [-0.25, -0.2) is 0 Å². The van der Waals surface area contributed by atoms with E-state index in [-0.39, 0.29) is 0 Å². The minimum atomic E-state index is 0.515. The maximum absolute atomic E-state index is 3.72. The van der Waals surface area contributed by atoms with Crippen LogP contribution in [0, 0.1) is 0 Å². The monoisotopic (exact) mass is 223 g/mol. The summed E-state index contributed by atoms with van der Waals surface area (Å²) in [7, 11) is 0. The second kappa shape index (κ2) is 4.72. The van der Waals surface area contributed by atoms with Gasteiger partial charge in [-0.1, -0.05) is 60.7 Å². The third-order valence-corrected chi connectivity index (χ3v) is 3.55. The maximum atomic E-state index is 3.72. The molecule has 0 radical (unpaired) electrons. The lowest BCUT2D eigenvalue weighted by molar-refractivity contribution is 0.574. The molecule has 1 aliphatic heterocycles. The third-order valence-electron chi connectivity index (χ3n) is 3.55. The zero-order chi connectivity index (χ0) is 11.5. The molecule has 1 fully saturated rings. The van der Waals surface area contributed by atoms with Gasteiger partial charge in [0.05, 0.1) is 0 Å². The molecule has 0 amide bonds. The Morgan fingerprint density at radius 1 is 0.647 bits per heavy atom. The number of nitrogens with one attached hydrogen (secondary N) is 1. The number of hydrogen-bond donors (Lipinski definition) is 1. The van der Waals surface area contributed by atoms with E-state index in [0.717, 1.165) is 0 Å². The van der Waals surface area contributed by atoms with E-state index in [1.165, 1.54) is 24.0 Å². The van der Waals surface area contributed by atoms with Crippen molar-refractivity contribution in [3.8, 4) is 0 Å². The van der Waals surface area contributed by atoms with Crippen LogP contribution in [0.1, 0.15) is 36.1 Å². The number of hydrogen-bond acceptors (Lipinski definition) is 1. The summed E-state index contributed by atoms with van der Waals surface area (Å²) in [5.74, 6) is 0. The number of rotatable bonds is 2. The van der Waals surface area contributed by atoms with Crippen LogP contribution in [0.15, 0.2) is 60.7 Å². The highest BCUT2D eigenvalue weighted by Crippen LogP contribution is 2.33. The molecule has 1 heteroatoms. The SMILES string of the molecule is c1ccc([C@@H]2CC[C@H](c3ccccc3)N2)cc1. The van der Waals surface area contributed by atoms with Crippen LogP contribution < -0.4 is 5.32 Å². The van der Waals surface area contributed by atoms with Gasteiger partial charge in [-0.2, -0.15) is 0 Å². The molecular formula is C16H17N. The summed E-state index contributed by atoms with van der Waals surface area (Å²) in [5, 5.41) is 3.72. The molecule has 2 atom stereocenters. The molecule has 2 aromatic rings. The predicted octanol–water partition coefficient (Wildman–Crippen LogP) is 3.85. The van der Waals surface area contributed by atoms with Crippen LogP contribution in [0.25, 0.3) is 0 Å². The largest absolute Gasteiger partial charge is 0.303 e. The molecular weight excluding hydrogens is 206 g/mol. The van der Waals surface area contributed by atoms with Crippen molar-refractivity contribution in [1.82, 2.24) is 5.32 Å². The van der Waals surface area contributed by atoms with E-state index >= 15 is 0 Å². The summed E-state index contributed by atoms with van der Waals surface area (Å²) < 4.78 is 0. The Hall–Kier alpha value is -1.60. The minimum absolute atomic E-state index is 0.515. The zero-order valence-electron chi connectivity index (χ0n) is 9.84. The average Bonchev–Trinajstić information content (AvgIpc) is 2.90. The van der Waals surface area contributed by atoms with E-state index in [4.69, 9.17) is 0 Å². The Labute approximate surface area is 102 Å². The average molecular weight is 223 g/mol. The fourth-order valence-corrected chi connectivity index (χ4v) is 2.64. The first-order valence-corrected chi connectivity index (χ1v) is 6.29. The maximum Gasteiger partial charge on any atom is 0.0326 e. The zero-order valence-corrected chi connectivity index (χ0v) is 9.84. The highest BCUT2D eigenvalue weighted by Gasteiger charge is 2.25. The van der Waals surface area contributed by atoms with Crippen molar-refractivity contribution >= 4 is 0 Å². The first-order chi connectivity index (χ1) is 8.43. The lowest BCUT2D eigenvalue weighted by Crippen LogP contribution is -2.17. The van der Waals surface area contributed by atoms with Crippen LogP contribution >= 0.6 is 0 Å². The van der Waals surface area contributed by atoms with Crippen molar-refractivity contribution in [3.63, 3.8) is 0 Å².